The fourth-order valence-electron chi connectivity index (χ4n) is 4.22. The zero-order valence-corrected chi connectivity index (χ0v) is 24.6. The van der Waals surface area contributed by atoms with Gasteiger partial charge in [0.05, 0.1) is 17.2 Å². The Hall–Kier alpha value is -3.85. The predicted octanol–water partition coefficient (Wildman–Crippen LogP) is 4.57. The van der Waals surface area contributed by atoms with Crippen LogP contribution in [0.5, 0.6) is 5.75 Å². The molecule has 0 heterocycles. The Balaban J connectivity index is 1.98. The van der Waals surface area contributed by atoms with Gasteiger partial charge in [-0.15, -0.1) is 0 Å². The molecule has 9 heteroatoms. The van der Waals surface area contributed by atoms with Crippen molar-refractivity contribution in [2.45, 2.75) is 58.0 Å². The van der Waals surface area contributed by atoms with Crippen LogP contribution in [0.2, 0.25) is 0 Å². The Bertz CT molecular complexity index is 1360. The normalized spacial score (nSPS) is 12.1. The lowest BCUT2D eigenvalue weighted by molar-refractivity contribution is -0.139. The van der Waals surface area contributed by atoms with Crippen LogP contribution in [-0.4, -0.2) is 56.9 Å². The molecule has 0 aromatic heterocycles. The molecule has 0 radical (unpaired) electrons. The van der Waals surface area contributed by atoms with Gasteiger partial charge in [-0.25, -0.2) is 8.42 Å². The van der Waals surface area contributed by atoms with Gasteiger partial charge >= 0.3 is 0 Å². The highest BCUT2D eigenvalue weighted by Crippen LogP contribution is 2.26. The molecule has 0 spiro atoms. The molecule has 1 N–H and O–H groups in total. The molecule has 0 aliphatic rings. The summed E-state index contributed by atoms with van der Waals surface area (Å²) in [7, 11) is -4.11. The second-order valence-corrected chi connectivity index (χ2v) is 11.8. The average Bonchev–Trinajstić information content (AvgIpc) is 2.93. The Morgan fingerprint density at radius 1 is 0.900 bits per heavy atom. The third-order valence-corrected chi connectivity index (χ3v) is 8.19. The molecule has 2 amide bonds. The second-order valence-electron chi connectivity index (χ2n) is 9.91. The van der Waals surface area contributed by atoms with Gasteiger partial charge in [0.15, 0.2) is 0 Å². The van der Waals surface area contributed by atoms with E-state index in [9.17, 15) is 18.0 Å². The van der Waals surface area contributed by atoms with Gasteiger partial charge in [-0.05, 0) is 83.0 Å². The van der Waals surface area contributed by atoms with Crippen LogP contribution in [0.25, 0.3) is 0 Å². The lowest BCUT2D eigenvalue weighted by atomic mass is 10.1. The number of carbonyl (C=O) groups excluding carboxylic acids is 2. The number of rotatable bonds is 13. The van der Waals surface area contributed by atoms with Crippen LogP contribution in [-0.2, 0) is 26.0 Å². The van der Waals surface area contributed by atoms with E-state index < -0.39 is 28.5 Å². The highest BCUT2D eigenvalue weighted by atomic mass is 32.2. The Labute approximate surface area is 238 Å². The first kappa shape index (κ1) is 30.7. The van der Waals surface area contributed by atoms with E-state index in [1.54, 1.807) is 43.3 Å². The van der Waals surface area contributed by atoms with E-state index >= 15 is 0 Å². The molecule has 0 aliphatic carbocycles. The van der Waals surface area contributed by atoms with Gasteiger partial charge < -0.3 is 15.0 Å². The summed E-state index contributed by atoms with van der Waals surface area (Å²) in [5.41, 5.74) is 2.24. The van der Waals surface area contributed by atoms with Gasteiger partial charge in [0.25, 0.3) is 10.0 Å². The van der Waals surface area contributed by atoms with Crippen LogP contribution >= 0.6 is 0 Å². The SMILES string of the molecule is CCOc1ccc(N(CC(=O)N(CCc2ccccc2)[C@H](C)C(=O)NC(C)C)S(=O)(=O)c2ccc(C)cc2)cc1. The number of aryl methyl sites for hydroxylation is 1. The van der Waals surface area contributed by atoms with Crippen molar-refractivity contribution in [1.82, 2.24) is 10.2 Å². The number of benzene rings is 3. The van der Waals surface area contributed by atoms with Gasteiger partial charge in [0, 0.05) is 12.6 Å². The first-order chi connectivity index (χ1) is 19.0. The molecular weight excluding hydrogens is 526 g/mol. The number of nitrogens with zero attached hydrogens (tertiary/aromatic N) is 2. The second kappa shape index (κ2) is 14.0. The van der Waals surface area contributed by atoms with Gasteiger partial charge in [0.2, 0.25) is 11.8 Å². The largest absolute Gasteiger partial charge is 0.494 e. The molecule has 214 valence electrons. The Kier molecular flexibility index (Phi) is 10.7. The van der Waals surface area contributed by atoms with Crippen LogP contribution in [0.15, 0.2) is 83.8 Å². The van der Waals surface area contributed by atoms with Gasteiger partial charge in [-0.3, -0.25) is 13.9 Å². The molecule has 3 aromatic carbocycles. The third-order valence-electron chi connectivity index (χ3n) is 6.41. The monoisotopic (exact) mass is 565 g/mol. The number of ether oxygens (including phenoxy) is 1. The first-order valence-corrected chi connectivity index (χ1v) is 14.9. The minimum absolute atomic E-state index is 0.0706. The zero-order chi connectivity index (χ0) is 29.3. The quantitative estimate of drug-likeness (QED) is 0.328. The molecule has 3 rings (SSSR count). The van der Waals surface area contributed by atoms with E-state index in [1.807, 2.05) is 58.0 Å². The number of nitrogens with one attached hydrogen (secondary N) is 1. The predicted molar refractivity (Wildman–Crippen MR) is 158 cm³/mol. The van der Waals surface area contributed by atoms with Crippen molar-refractivity contribution in [3.05, 3.63) is 90.0 Å². The molecule has 0 saturated heterocycles. The van der Waals surface area contributed by atoms with Gasteiger partial charge in [0.1, 0.15) is 18.3 Å². The van der Waals surface area contributed by atoms with E-state index in [0.717, 1.165) is 15.4 Å². The maximum Gasteiger partial charge on any atom is 0.264 e. The van der Waals surface area contributed by atoms with Crippen LogP contribution in [0.4, 0.5) is 5.69 Å². The number of amides is 2. The number of anilines is 1. The molecule has 3 aromatic rings. The van der Waals surface area contributed by atoms with Crippen molar-refractivity contribution >= 4 is 27.5 Å². The van der Waals surface area contributed by atoms with Gasteiger partial charge in [-0.2, -0.15) is 0 Å². The molecule has 0 aliphatic heterocycles. The molecule has 0 saturated carbocycles. The first-order valence-electron chi connectivity index (χ1n) is 13.5. The third kappa shape index (κ3) is 8.08. The molecule has 0 unspecified atom stereocenters. The highest BCUT2D eigenvalue weighted by molar-refractivity contribution is 7.92. The van der Waals surface area contributed by atoms with E-state index in [2.05, 4.69) is 5.32 Å². The molecule has 0 fully saturated rings. The van der Waals surface area contributed by atoms with Crippen LogP contribution in [0.3, 0.4) is 0 Å². The van der Waals surface area contributed by atoms with E-state index in [1.165, 1.54) is 17.0 Å². The smallest absolute Gasteiger partial charge is 0.264 e. The summed E-state index contributed by atoms with van der Waals surface area (Å²) >= 11 is 0. The van der Waals surface area contributed by atoms with E-state index in [0.29, 0.717) is 24.5 Å². The Morgan fingerprint density at radius 2 is 1.52 bits per heavy atom. The van der Waals surface area contributed by atoms with Crippen molar-refractivity contribution < 1.29 is 22.7 Å². The summed E-state index contributed by atoms with van der Waals surface area (Å²) in [5, 5.41) is 2.86. The standard InChI is InChI=1S/C31H39N3O5S/c1-6-39-28-16-14-27(15-17-28)34(40(37,38)29-18-12-24(4)13-19-29)22-30(35)33(25(5)31(36)32-23(2)3)21-20-26-10-8-7-9-11-26/h7-19,23,25H,6,20-22H2,1-5H3,(H,32,36)/t25-/m1/s1. The van der Waals surface area contributed by atoms with Crippen molar-refractivity contribution in [3.63, 3.8) is 0 Å². The minimum Gasteiger partial charge on any atom is -0.494 e. The lowest BCUT2D eigenvalue weighted by Crippen LogP contribution is -2.53. The number of hydrogen-bond donors (Lipinski definition) is 1. The molecule has 8 nitrogen and oxygen atoms in total. The van der Waals surface area contributed by atoms with Gasteiger partial charge in [-0.1, -0.05) is 48.0 Å². The fraction of sp³-hybridized carbons (Fsp3) is 0.355. The molecule has 1 atom stereocenters. The number of carbonyl (C=O) groups is 2. The zero-order valence-electron chi connectivity index (χ0n) is 23.8. The highest BCUT2D eigenvalue weighted by Gasteiger charge is 2.32. The maximum atomic E-state index is 13.9. The Morgan fingerprint density at radius 3 is 2.10 bits per heavy atom. The molecule has 0 bridgehead atoms. The minimum atomic E-state index is -4.11. The maximum absolute atomic E-state index is 13.9. The number of sulfonamides is 1. The van der Waals surface area contributed by atoms with Crippen molar-refractivity contribution in [1.29, 1.82) is 0 Å². The van der Waals surface area contributed by atoms with Crippen molar-refractivity contribution in [2.75, 3.05) is 24.0 Å². The lowest BCUT2D eigenvalue weighted by Gasteiger charge is -2.32. The fourth-order valence-corrected chi connectivity index (χ4v) is 5.63. The summed E-state index contributed by atoms with van der Waals surface area (Å²) < 4.78 is 34.4. The van der Waals surface area contributed by atoms with Crippen LogP contribution in [0, 0.1) is 6.92 Å². The van der Waals surface area contributed by atoms with Crippen LogP contribution in [0.1, 0.15) is 38.8 Å². The summed E-state index contributed by atoms with van der Waals surface area (Å²) in [6.45, 7) is 9.34. The summed E-state index contributed by atoms with van der Waals surface area (Å²) in [6, 6.07) is 21.8. The molecule has 40 heavy (non-hydrogen) atoms. The summed E-state index contributed by atoms with van der Waals surface area (Å²) in [4.78, 5) is 28.4. The summed E-state index contributed by atoms with van der Waals surface area (Å²) in [5.74, 6) is -0.189. The number of hydrogen-bond acceptors (Lipinski definition) is 5. The summed E-state index contributed by atoms with van der Waals surface area (Å²) in [6.07, 6.45) is 0.514. The average molecular weight is 566 g/mol. The van der Waals surface area contributed by atoms with Crippen molar-refractivity contribution in [3.8, 4) is 5.75 Å². The topological polar surface area (TPSA) is 96.0 Å². The van der Waals surface area contributed by atoms with Crippen molar-refractivity contribution in [2.24, 2.45) is 0 Å². The van der Waals surface area contributed by atoms with E-state index in [-0.39, 0.29) is 23.4 Å². The van der Waals surface area contributed by atoms with E-state index in [4.69, 9.17) is 4.74 Å². The van der Waals surface area contributed by atoms with Crippen LogP contribution < -0.4 is 14.4 Å². The molecular formula is C31H39N3O5S.